The van der Waals surface area contributed by atoms with E-state index in [1.165, 1.54) is 12.1 Å². The molecule has 1 aromatic carbocycles. The Balaban J connectivity index is 2.89. The smallest absolute Gasteiger partial charge is 0.396 e. The normalized spacial score (nSPS) is 15.4. The fraction of sp³-hybridized carbons (Fsp3) is 0.600. The van der Waals surface area contributed by atoms with Crippen LogP contribution in [-0.2, 0) is 12.6 Å². The number of aliphatic hydroxyl groups is 1. The van der Waals surface area contributed by atoms with Gasteiger partial charge in [0.1, 0.15) is 0 Å². The van der Waals surface area contributed by atoms with Gasteiger partial charge in [0.2, 0.25) is 0 Å². The van der Waals surface area contributed by atoms with Crippen LogP contribution in [0.1, 0.15) is 31.4 Å². The Hall–Kier alpha value is -1.07. The van der Waals surface area contributed by atoms with Crippen LogP contribution < -0.4 is 5.73 Å². The first-order valence-corrected chi connectivity index (χ1v) is 6.69. The first-order valence-electron chi connectivity index (χ1n) is 6.69. The van der Waals surface area contributed by atoms with Crippen molar-refractivity contribution in [2.45, 2.75) is 32.9 Å². The van der Waals surface area contributed by atoms with Crippen molar-refractivity contribution >= 4 is 0 Å². The highest BCUT2D eigenvalue weighted by Gasteiger charge is 2.32. The second-order valence-electron chi connectivity index (χ2n) is 5.83. The number of nitrogens with two attached hydrogens (primary N) is 1. The summed E-state index contributed by atoms with van der Waals surface area (Å²) >= 11 is 0. The van der Waals surface area contributed by atoms with E-state index in [1.807, 2.05) is 13.8 Å². The number of benzene rings is 1. The van der Waals surface area contributed by atoms with Gasteiger partial charge in [-0.2, -0.15) is 13.2 Å². The van der Waals surface area contributed by atoms with Crippen molar-refractivity contribution in [2.75, 3.05) is 13.2 Å². The van der Waals surface area contributed by atoms with Gasteiger partial charge in [0.25, 0.3) is 0 Å². The summed E-state index contributed by atoms with van der Waals surface area (Å²) in [4.78, 5) is 0. The lowest BCUT2D eigenvalue weighted by atomic mass is 9.76. The predicted molar refractivity (Wildman–Crippen MR) is 73.2 cm³/mol. The molecular formula is C15H22F3NO. The Bertz CT molecular complexity index is 408. The van der Waals surface area contributed by atoms with E-state index in [-0.39, 0.29) is 6.61 Å². The minimum atomic E-state index is -4.32. The lowest BCUT2D eigenvalue weighted by Gasteiger charge is -2.32. The Labute approximate surface area is 117 Å². The largest absolute Gasteiger partial charge is 0.416 e. The molecule has 1 aromatic rings. The molecular weight excluding hydrogens is 267 g/mol. The van der Waals surface area contributed by atoms with Crippen LogP contribution in [0.25, 0.3) is 0 Å². The molecule has 0 radical (unpaired) electrons. The Kier molecular flexibility index (Phi) is 5.59. The van der Waals surface area contributed by atoms with Gasteiger partial charge in [-0.1, -0.05) is 26.0 Å². The van der Waals surface area contributed by atoms with E-state index in [1.54, 1.807) is 0 Å². The zero-order valence-electron chi connectivity index (χ0n) is 11.9. The van der Waals surface area contributed by atoms with Crippen LogP contribution >= 0.6 is 0 Å². The standard InChI is InChI=1S/C15H22F3NO/c1-11(2)7-14(9-19,10-20)8-12-3-5-13(6-4-12)15(16,17)18/h3-6,11,20H,7-10,19H2,1-2H3. The molecule has 0 saturated heterocycles. The average molecular weight is 289 g/mol. The van der Waals surface area contributed by atoms with Gasteiger partial charge in [-0.05, 0) is 36.5 Å². The van der Waals surface area contributed by atoms with E-state index in [0.717, 1.165) is 24.1 Å². The van der Waals surface area contributed by atoms with Crippen molar-refractivity contribution in [3.63, 3.8) is 0 Å². The highest BCUT2D eigenvalue weighted by Crippen LogP contribution is 2.32. The van der Waals surface area contributed by atoms with Crippen molar-refractivity contribution in [1.29, 1.82) is 0 Å². The predicted octanol–water partition coefficient (Wildman–Crippen LogP) is 3.23. The van der Waals surface area contributed by atoms with E-state index < -0.39 is 17.2 Å². The molecule has 0 spiro atoms. The molecule has 114 valence electrons. The minimum absolute atomic E-state index is 0.0668. The van der Waals surface area contributed by atoms with E-state index >= 15 is 0 Å². The summed E-state index contributed by atoms with van der Waals surface area (Å²) in [5, 5.41) is 9.61. The summed E-state index contributed by atoms with van der Waals surface area (Å²) in [6.45, 7) is 4.31. The average Bonchev–Trinajstić information content (AvgIpc) is 2.37. The molecule has 20 heavy (non-hydrogen) atoms. The topological polar surface area (TPSA) is 46.2 Å². The van der Waals surface area contributed by atoms with Gasteiger partial charge in [0, 0.05) is 12.0 Å². The molecule has 1 unspecified atom stereocenters. The van der Waals surface area contributed by atoms with Crippen LogP contribution in [0, 0.1) is 11.3 Å². The lowest BCUT2D eigenvalue weighted by Crippen LogP contribution is -2.37. The van der Waals surface area contributed by atoms with Crippen molar-refractivity contribution < 1.29 is 18.3 Å². The van der Waals surface area contributed by atoms with E-state index in [2.05, 4.69) is 0 Å². The molecule has 2 nitrogen and oxygen atoms in total. The van der Waals surface area contributed by atoms with Crippen molar-refractivity contribution in [3.8, 4) is 0 Å². The first-order chi connectivity index (χ1) is 9.22. The Morgan fingerprint density at radius 3 is 2.05 bits per heavy atom. The number of alkyl halides is 3. The maximum Gasteiger partial charge on any atom is 0.416 e. The molecule has 0 aliphatic rings. The Morgan fingerprint density at radius 1 is 1.15 bits per heavy atom. The molecule has 5 heteroatoms. The van der Waals surface area contributed by atoms with Crippen LogP contribution in [-0.4, -0.2) is 18.3 Å². The third-order valence-electron chi connectivity index (χ3n) is 3.47. The lowest BCUT2D eigenvalue weighted by molar-refractivity contribution is -0.137. The molecule has 1 rings (SSSR count). The van der Waals surface area contributed by atoms with Crippen LogP contribution in [0.5, 0.6) is 0 Å². The first kappa shape index (κ1) is 17.0. The summed E-state index contributed by atoms with van der Waals surface area (Å²) in [5.74, 6) is 0.361. The van der Waals surface area contributed by atoms with Gasteiger partial charge in [0.05, 0.1) is 12.2 Å². The van der Waals surface area contributed by atoms with Crippen LogP contribution in [0.15, 0.2) is 24.3 Å². The second kappa shape index (κ2) is 6.59. The fourth-order valence-corrected chi connectivity index (χ4v) is 2.52. The van der Waals surface area contributed by atoms with Gasteiger partial charge in [-0.25, -0.2) is 0 Å². The number of hydrogen-bond donors (Lipinski definition) is 2. The maximum atomic E-state index is 12.5. The summed E-state index contributed by atoms with van der Waals surface area (Å²) in [5.41, 5.74) is 5.41. The molecule has 0 bridgehead atoms. The number of hydrogen-bond acceptors (Lipinski definition) is 2. The molecule has 3 N–H and O–H groups in total. The van der Waals surface area contributed by atoms with Gasteiger partial charge in [-0.3, -0.25) is 0 Å². The van der Waals surface area contributed by atoms with E-state index in [0.29, 0.717) is 18.9 Å². The van der Waals surface area contributed by atoms with Crippen LogP contribution in [0.2, 0.25) is 0 Å². The van der Waals surface area contributed by atoms with Gasteiger partial charge >= 0.3 is 6.18 Å². The zero-order valence-corrected chi connectivity index (χ0v) is 11.9. The molecule has 0 aliphatic heterocycles. The summed E-state index contributed by atoms with van der Waals surface area (Å²) < 4.78 is 37.5. The number of aliphatic hydroxyl groups excluding tert-OH is 1. The van der Waals surface area contributed by atoms with Gasteiger partial charge in [-0.15, -0.1) is 0 Å². The Morgan fingerprint density at radius 2 is 1.70 bits per heavy atom. The zero-order chi connectivity index (χ0) is 15.4. The minimum Gasteiger partial charge on any atom is -0.396 e. The molecule has 0 aromatic heterocycles. The van der Waals surface area contributed by atoms with Gasteiger partial charge in [0.15, 0.2) is 0 Å². The van der Waals surface area contributed by atoms with Crippen LogP contribution in [0.3, 0.4) is 0 Å². The monoisotopic (exact) mass is 289 g/mol. The quantitative estimate of drug-likeness (QED) is 0.844. The molecule has 0 saturated carbocycles. The van der Waals surface area contributed by atoms with Crippen molar-refractivity contribution in [3.05, 3.63) is 35.4 Å². The third-order valence-corrected chi connectivity index (χ3v) is 3.47. The van der Waals surface area contributed by atoms with Gasteiger partial charge < -0.3 is 10.8 Å². The third kappa shape index (κ3) is 4.49. The SMILES string of the molecule is CC(C)CC(CN)(CO)Cc1ccc(C(F)(F)F)cc1. The second-order valence-corrected chi connectivity index (χ2v) is 5.83. The molecule has 0 aliphatic carbocycles. The summed E-state index contributed by atoms with van der Waals surface area (Å²) in [6, 6.07) is 5.07. The van der Waals surface area contributed by atoms with E-state index in [4.69, 9.17) is 5.73 Å². The molecule has 0 fully saturated rings. The maximum absolute atomic E-state index is 12.5. The molecule has 1 atom stereocenters. The van der Waals surface area contributed by atoms with Crippen molar-refractivity contribution in [1.82, 2.24) is 0 Å². The van der Waals surface area contributed by atoms with Crippen molar-refractivity contribution in [2.24, 2.45) is 17.1 Å². The number of halogens is 3. The molecule has 0 amide bonds. The highest BCUT2D eigenvalue weighted by atomic mass is 19.4. The highest BCUT2D eigenvalue weighted by molar-refractivity contribution is 5.25. The summed E-state index contributed by atoms with van der Waals surface area (Å²) in [7, 11) is 0. The summed E-state index contributed by atoms with van der Waals surface area (Å²) in [6.07, 6.45) is -3.10. The fourth-order valence-electron chi connectivity index (χ4n) is 2.52. The van der Waals surface area contributed by atoms with Crippen LogP contribution in [0.4, 0.5) is 13.2 Å². The molecule has 0 heterocycles. The number of rotatable bonds is 6. The van der Waals surface area contributed by atoms with E-state index in [9.17, 15) is 18.3 Å².